The fraction of sp³-hybridized carbons (Fsp3) is 0.500. The van der Waals surface area contributed by atoms with Crippen LogP contribution in [0.4, 0.5) is 4.39 Å². The molecule has 104 valence electrons. The summed E-state index contributed by atoms with van der Waals surface area (Å²) in [7, 11) is 2.10. The molecule has 1 aliphatic heterocycles. The number of hydrogen-bond acceptors (Lipinski definition) is 2. The molecule has 19 heavy (non-hydrogen) atoms. The second-order valence-corrected chi connectivity index (χ2v) is 5.96. The average Bonchev–Trinajstić information content (AvgIpc) is 2.36. The Bertz CT molecular complexity index is 467. The standard InChI is InChI=1S/C14H18BrFN2O/c1-18-6-2-3-10(9-18)8-17-14(19)12-5-4-11(16)7-13(12)15/h4-5,7,10H,2-3,6,8-9H2,1H3,(H,17,19). The van der Waals surface area contributed by atoms with Gasteiger partial charge in [-0.15, -0.1) is 0 Å². The number of nitrogens with one attached hydrogen (secondary N) is 1. The van der Waals surface area contributed by atoms with Crippen LogP contribution in [0, 0.1) is 11.7 Å². The number of carbonyl (C=O) groups is 1. The van der Waals surface area contributed by atoms with E-state index in [0.29, 0.717) is 22.5 Å². The van der Waals surface area contributed by atoms with Gasteiger partial charge in [0.2, 0.25) is 0 Å². The molecule has 3 nitrogen and oxygen atoms in total. The number of likely N-dealkylation sites (tertiary alicyclic amines) is 1. The minimum Gasteiger partial charge on any atom is -0.352 e. The monoisotopic (exact) mass is 328 g/mol. The zero-order chi connectivity index (χ0) is 13.8. The second-order valence-electron chi connectivity index (χ2n) is 5.10. The van der Waals surface area contributed by atoms with Crippen LogP contribution >= 0.6 is 15.9 Å². The van der Waals surface area contributed by atoms with Crippen molar-refractivity contribution >= 4 is 21.8 Å². The molecule has 1 aromatic rings. The van der Waals surface area contributed by atoms with Crippen molar-refractivity contribution < 1.29 is 9.18 Å². The van der Waals surface area contributed by atoms with Crippen molar-refractivity contribution in [1.82, 2.24) is 10.2 Å². The number of benzene rings is 1. The average molecular weight is 329 g/mol. The highest BCUT2D eigenvalue weighted by atomic mass is 79.9. The maximum atomic E-state index is 13.0. The Kier molecular flexibility index (Phi) is 4.93. The summed E-state index contributed by atoms with van der Waals surface area (Å²) in [6, 6.07) is 4.11. The molecule has 0 bridgehead atoms. The molecule has 1 atom stereocenters. The van der Waals surface area contributed by atoms with E-state index in [2.05, 4.69) is 33.2 Å². The zero-order valence-corrected chi connectivity index (χ0v) is 12.5. The van der Waals surface area contributed by atoms with Gasteiger partial charge in [-0.3, -0.25) is 4.79 Å². The van der Waals surface area contributed by atoms with Gasteiger partial charge in [0.25, 0.3) is 5.91 Å². The van der Waals surface area contributed by atoms with Crippen molar-refractivity contribution in [2.24, 2.45) is 5.92 Å². The molecule has 0 saturated carbocycles. The molecule has 1 unspecified atom stereocenters. The number of amides is 1. The third-order valence-corrected chi connectivity index (χ3v) is 4.11. The molecule has 5 heteroatoms. The van der Waals surface area contributed by atoms with Crippen LogP contribution in [0.15, 0.2) is 22.7 Å². The molecule has 0 aliphatic carbocycles. The lowest BCUT2D eigenvalue weighted by molar-refractivity contribution is 0.0936. The summed E-state index contributed by atoms with van der Waals surface area (Å²) in [5, 5.41) is 2.93. The first-order valence-corrected chi connectivity index (χ1v) is 7.27. The predicted molar refractivity (Wildman–Crippen MR) is 76.7 cm³/mol. The number of nitrogens with zero attached hydrogens (tertiary/aromatic N) is 1. The lowest BCUT2D eigenvalue weighted by atomic mass is 9.98. The van der Waals surface area contributed by atoms with Gasteiger partial charge in [-0.1, -0.05) is 0 Å². The van der Waals surface area contributed by atoms with Crippen molar-refractivity contribution in [3.8, 4) is 0 Å². The Hall–Kier alpha value is -0.940. The van der Waals surface area contributed by atoms with E-state index in [4.69, 9.17) is 0 Å². The van der Waals surface area contributed by atoms with E-state index in [9.17, 15) is 9.18 Å². The first-order chi connectivity index (χ1) is 9.06. The highest BCUT2D eigenvalue weighted by molar-refractivity contribution is 9.10. The van der Waals surface area contributed by atoms with E-state index in [1.807, 2.05) is 0 Å². The Morgan fingerprint density at radius 1 is 1.58 bits per heavy atom. The van der Waals surface area contributed by atoms with Gasteiger partial charge in [-0.05, 0) is 66.5 Å². The van der Waals surface area contributed by atoms with Crippen molar-refractivity contribution in [1.29, 1.82) is 0 Å². The Labute approximate surface area is 121 Å². The first-order valence-electron chi connectivity index (χ1n) is 6.48. The van der Waals surface area contributed by atoms with Gasteiger partial charge in [-0.25, -0.2) is 4.39 Å². The van der Waals surface area contributed by atoms with Gasteiger partial charge in [0, 0.05) is 17.6 Å². The lowest BCUT2D eigenvalue weighted by Gasteiger charge is -2.29. The summed E-state index contributed by atoms with van der Waals surface area (Å²) in [4.78, 5) is 14.3. The van der Waals surface area contributed by atoms with E-state index >= 15 is 0 Å². The van der Waals surface area contributed by atoms with Crippen LogP contribution in [-0.2, 0) is 0 Å². The summed E-state index contributed by atoms with van der Waals surface area (Å²) in [5.74, 6) is -0.000597. The molecule has 1 aliphatic rings. The SMILES string of the molecule is CN1CCCC(CNC(=O)c2ccc(F)cc2Br)C1. The molecule has 0 radical (unpaired) electrons. The Balaban J connectivity index is 1.90. The molecule has 1 amide bonds. The van der Waals surface area contributed by atoms with E-state index in [0.717, 1.165) is 19.5 Å². The van der Waals surface area contributed by atoms with Crippen molar-refractivity contribution in [2.75, 3.05) is 26.7 Å². The van der Waals surface area contributed by atoms with E-state index in [1.165, 1.54) is 24.6 Å². The molecule has 1 N–H and O–H groups in total. The number of halogens is 2. The van der Waals surface area contributed by atoms with Crippen LogP contribution in [0.25, 0.3) is 0 Å². The van der Waals surface area contributed by atoms with Gasteiger partial charge < -0.3 is 10.2 Å². The lowest BCUT2D eigenvalue weighted by Crippen LogP contribution is -2.39. The summed E-state index contributed by atoms with van der Waals surface area (Å²) in [6.45, 7) is 2.83. The van der Waals surface area contributed by atoms with Crippen molar-refractivity contribution in [3.05, 3.63) is 34.1 Å². The maximum Gasteiger partial charge on any atom is 0.252 e. The molecular weight excluding hydrogens is 311 g/mol. The quantitative estimate of drug-likeness (QED) is 0.925. The summed E-state index contributed by atoms with van der Waals surface area (Å²) in [6.07, 6.45) is 2.33. The molecule has 1 aromatic carbocycles. The van der Waals surface area contributed by atoms with Gasteiger partial charge >= 0.3 is 0 Å². The molecule has 1 saturated heterocycles. The molecule has 2 rings (SSSR count). The minimum absolute atomic E-state index is 0.153. The third kappa shape index (κ3) is 4.01. The van der Waals surface area contributed by atoms with Gasteiger partial charge in [0.1, 0.15) is 5.82 Å². The van der Waals surface area contributed by atoms with Crippen molar-refractivity contribution in [3.63, 3.8) is 0 Å². The Morgan fingerprint density at radius 2 is 2.37 bits per heavy atom. The van der Waals surface area contributed by atoms with Crippen LogP contribution in [0.5, 0.6) is 0 Å². The number of hydrogen-bond donors (Lipinski definition) is 1. The van der Waals surface area contributed by atoms with E-state index in [-0.39, 0.29) is 11.7 Å². The second kappa shape index (κ2) is 6.48. The fourth-order valence-corrected chi connectivity index (χ4v) is 2.98. The summed E-state index contributed by atoms with van der Waals surface area (Å²) >= 11 is 3.21. The maximum absolute atomic E-state index is 13.0. The first kappa shape index (κ1) is 14.5. The highest BCUT2D eigenvalue weighted by Crippen LogP contribution is 2.18. The molecular formula is C14H18BrFN2O. The Morgan fingerprint density at radius 3 is 3.05 bits per heavy atom. The van der Waals surface area contributed by atoms with Crippen LogP contribution < -0.4 is 5.32 Å². The van der Waals surface area contributed by atoms with Crippen molar-refractivity contribution in [2.45, 2.75) is 12.8 Å². The normalized spacial score (nSPS) is 20.3. The molecule has 0 aromatic heterocycles. The summed E-state index contributed by atoms with van der Waals surface area (Å²) in [5.41, 5.74) is 0.477. The van der Waals surface area contributed by atoms with Crippen LogP contribution in [0.1, 0.15) is 23.2 Å². The van der Waals surface area contributed by atoms with Gasteiger partial charge in [-0.2, -0.15) is 0 Å². The number of rotatable bonds is 3. The number of carbonyl (C=O) groups excluding carboxylic acids is 1. The number of piperidine rings is 1. The smallest absolute Gasteiger partial charge is 0.252 e. The largest absolute Gasteiger partial charge is 0.352 e. The van der Waals surface area contributed by atoms with Gasteiger partial charge in [0.15, 0.2) is 0 Å². The van der Waals surface area contributed by atoms with Crippen LogP contribution in [0.2, 0.25) is 0 Å². The van der Waals surface area contributed by atoms with E-state index < -0.39 is 0 Å². The molecule has 1 fully saturated rings. The highest BCUT2D eigenvalue weighted by Gasteiger charge is 2.18. The van der Waals surface area contributed by atoms with Crippen LogP contribution in [-0.4, -0.2) is 37.5 Å². The summed E-state index contributed by atoms with van der Waals surface area (Å²) < 4.78 is 13.5. The van der Waals surface area contributed by atoms with Crippen LogP contribution in [0.3, 0.4) is 0 Å². The third-order valence-electron chi connectivity index (χ3n) is 3.45. The zero-order valence-electron chi connectivity index (χ0n) is 11.0. The minimum atomic E-state index is -0.350. The van der Waals surface area contributed by atoms with Gasteiger partial charge in [0.05, 0.1) is 5.56 Å². The van der Waals surface area contributed by atoms with E-state index in [1.54, 1.807) is 0 Å². The fourth-order valence-electron chi connectivity index (χ4n) is 2.45. The topological polar surface area (TPSA) is 32.3 Å². The molecule has 1 heterocycles. The predicted octanol–water partition coefficient (Wildman–Crippen LogP) is 2.66. The molecule has 0 spiro atoms.